The Bertz CT molecular complexity index is 684. The van der Waals surface area contributed by atoms with Crippen LogP contribution in [0.25, 0.3) is 0 Å². The Morgan fingerprint density at radius 2 is 1.96 bits per heavy atom. The first-order valence-electron chi connectivity index (χ1n) is 8.55. The molecule has 3 rings (SSSR count). The zero-order valence-corrected chi connectivity index (χ0v) is 14.1. The summed E-state index contributed by atoms with van der Waals surface area (Å²) in [4.78, 5) is 18.5. The van der Waals surface area contributed by atoms with Crippen LogP contribution in [0.4, 0.5) is 4.39 Å². The number of carbonyl (C=O) groups is 1. The van der Waals surface area contributed by atoms with Gasteiger partial charge in [0.1, 0.15) is 11.9 Å². The number of piperidine rings is 1. The summed E-state index contributed by atoms with van der Waals surface area (Å²) >= 11 is 0. The molecule has 1 aliphatic rings. The Morgan fingerprint density at radius 1 is 1.24 bits per heavy atom. The maximum atomic E-state index is 13.1. The first-order valence-corrected chi connectivity index (χ1v) is 8.55. The predicted octanol–water partition coefficient (Wildman–Crippen LogP) is 2.00. The molecular formula is C19H23FN4O. The van der Waals surface area contributed by atoms with E-state index in [1.165, 1.54) is 12.1 Å². The van der Waals surface area contributed by atoms with Crippen molar-refractivity contribution in [2.75, 3.05) is 13.1 Å². The predicted molar refractivity (Wildman–Crippen MR) is 94.0 cm³/mol. The molecule has 0 bridgehead atoms. The van der Waals surface area contributed by atoms with Crippen molar-refractivity contribution in [1.82, 2.24) is 15.2 Å². The molecule has 0 spiro atoms. The summed E-state index contributed by atoms with van der Waals surface area (Å²) in [5, 5.41) is 3.34. The summed E-state index contributed by atoms with van der Waals surface area (Å²) in [5.74, 6) is -0.766. The van der Waals surface area contributed by atoms with Gasteiger partial charge in [-0.15, -0.1) is 0 Å². The third kappa shape index (κ3) is 4.84. The van der Waals surface area contributed by atoms with Crippen molar-refractivity contribution in [2.45, 2.75) is 31.5 Å². The number of primary amides is 1. The van der Waals surface area contributed by atoms with Gasteiger partial charge >= 0.3 is 0 Å². The van der Waals surface area contributed by atoms with Crippen LogP contribution in [0.5, 0.6) is 0 Å². The van der Waals surface area contributed by atoms with Crippen LogP contribution in [0.15, 0.2) is 48.7 Å². The number of hydrogen-bond acceptors (Lipinski definition) is 4. The highest BCUT2D eigenvalue weighted by Crippen LogP contribution is 2.19. The van der Waals surface area contributed by atoms with Crippen LogP contribution < -0.4 is 11.1 Å². The molecule has 2 heterocycles. The van der Waals surface area contributed by atoms with E-state index < -0.39 is 11.9 Å². The van der Waals surface area contributed by atoms with Gasteiger partial charge in [-0.25, -0.2) is 4.39 Å². The summed E-state index contributed by atoms with van der Waals surface area (Å²) < 4.78 is 13.1. The molecule has 5 nitrogen and oxygen atoms in total. The Labute approximate surface area is 147 Å². The number of benzene rings is 1. The fraction of sp³-hybridized carbons (Fsp3) is 0.368. The van der Waals surface area contributed by atoms with Crippen molar-refractivity contribution in [3.8, 4) is 0 Å². The number of aromatic nitrogens is 1. The molecule has 132 valence electrons. The SMILES string of the molecule is NC(=O)[C@H](NC1CCN(Cc2ccccn2)CC1)c1ccc(F)cc1. The molecule has 25 heavy (non-hydrogen) atoms. The van der Waals surface area contributed by atoms with Gasteiger partial charge in [-0.1, -0.05) is 18.2 Å². The Morgan fingerprint density at radius 3 is 2.56 bits per heavy atom. The molecule has 1 amide bonds. The second-order valence-electron chi connectivity index (χ2n) is 6.43. The van der Waals surface area contributed by atoms with E-state index in [-0.39, 0.29) is 11.9 Å². The quantitative estimate of drug-likeness (QED) is 0.842. The average molecular weight is 342 g/mol. The number of hydrogen-bond donors (Lipinski definition) is 2. The zero-order valence-electron chi connectivity index (χ0n) is 14.1. The van der Waals surface area contributed by atoms with Crippen molar-refractivity contribution in [1.29, 1.82) is 0 Å². The van der Waals surface area contributed by atoms with Crippen molar-refractivity contribution in [2.24, 2.45) is 5.73 Å². The van der Waals surface area contributed by atoms with E-state index in [1.807, 2.05) is 24.4 Å². The maximum absolute atomic E-state index is 13.1. The molecule has 0 unspecified atom stereocenters. The lowest BCUT2D eigenvalue weighted by Crippen LogP contribution is -2.46. The van der Waals surface area contributed by atoms with Gasteiger partial charge in [0.25, 0.3) is 0 Å². The number of nitrogens with one attached hydrogen (secondary N) is 1. The number of rotatable bonds is 6. The Hall–Kier alpha value is -2.31. The lowest BCUT2D eigenvalue weighted by atomic mass is 10.00. The summed E-state index contributed by atoms with van der Waals surface area (Å²) in [5.41, 5.74) is 7.30. The highest BCUT2D eigenvalue weighted by atomic mass is 19.1. The van der Waals surface area contributed by atoms with Crippen LogP contribution in [-0.4, -0.2) is 34.9 Å². The van der Waals surface area contributed by atoms with Crippen LogP contribution in [0.1, 0.15) is 30.1 Å². The van der Waals surface area contributed by atoms with E-state index in [1.54, 1.807) is 12.1 Å². The highest BCUT2D eigenvalue weighted by molar-refractivity contribution is 5.81. The molecule has 1 aromatic heterocycles. The largest absolute Gasteiger partial charge is 0.368 e. The summed E-state index contributed by atoms with van der Waals surface area (Å²) in [6.45, 7) is 2.71. The second-order valence-corrected chi connectivity index (χ2v) is 6.43. The monoisotopic (exact) mass is 342 g/mol. The first-order chi connectivity index (χ1) is 12.1. The van der Waals surface area contributed by atoms with Gasteiger partial charge in [0, 0.05) is 31.9 Å². The van der Waals surface area contributed by atoms with E-state index in [2.05, 4.69) is 15.2 Å². The third-order valence-corrected chi connectivity index (χ3v) is 4.59. The van der Waals surface area contributed by atoms with Crippen molar-refractivity contribution in [3.05, 3.63) is 65.7 Å². The van der Waals surface area contributed by atoms with Gasteiger partial charge in [0.05, 0.1) is 5.69 Å². The number of carbonyl (C=O) groups excluding carboxylic acids is 1. The number of halogens is 1. The van der Waals surface area contributed by atoms with Crippen molar-refractivity contribution < 1.29 is 9.18 Å². The number of amides is 1. The molecule has 0 radical (unpaired) electrons. The fourth-order valence-electron chi connectivity index (χ4n) is 3.21. The molecule has 2 aromatic rings. The van der Waals surface area contributed by atoms with Gasteiger partial charge in [-0.2, -0.15) is 0 Å². The van der Waals surface area contributed by atoms with Gasteiger partial charge in [0.15, 0.2) is 0 Å². The molecule has 1 fully saturated rings. The maximum Gasteiger partial charge on any atom is 0.239 e. The van der Waals surface area contributed by atoms with E-state index >= 15 is 0 Å². The minimum Gasteiger partial charge on any atom is -0.368 e. The summed E-state index contributed by atoms with van der Waals surface area (Å²) in [7, 11) is 0. The van der Waals surface area contributed by atoms with Gasteiger partial charge in [0.2, 0.25) is 5.91 Å². The van der Waals surface area contributed by atoms with E-state index in [4.69, 9.17) is 5.73 Å². The van der Waals surface area contributed by atoms with E-state index in [0.717, 1.165) is 38.2 Å². The second kappa shape index (κ2) is 8.18. The Kier molecular flexibility index (Phi) is 5.73. The number of likely N-dealkylation sites (tertiary alicyclic amines) is 1. The molecule has 1 aromatic carbocycles. The normalized spacial score (nSPS) is 17.3. The van der Waals surface area contributed by atoms with E-state index in [9.17, 15) is 9.18 Å². The molecule has 1 saturated heterocycles. The molecule has 6 heteroatoms. The number of nitrogens with zero attached hydrogens (tertiary/aromatic N) is 2. The number of nitrogens with two attached hydrogens (primary N) is 1. The standard InChI is InChI=1S/C19H23FN4O/c20-15-6-4-14(5-7-15)18(19(21)25)23-16-8-11-24(12-9-16)13-17-3-1-2-10-22-17/h1-7,10,16,18,23H,8-9,11-13H2,(H2,21,25)/t18-/m1/s1. The Balaban J connectivity index is 1.54. The fourth-order valence-corrected chi connectivity index (χ4v) is 3.21. The van der Waals surface area contributed by atoms with Crippen LogP contribution in [0.3, 0.4) is 0 Å². The molecule has 1 aliphatic heterocycles. The van der Waals surface area contributed by atoms with Crippen molar-refractivity contribution >= 4 is 5.91 Å². The van der Waals surface area contributed by atoms with Crippen LogP contribution in [0.2, 0.25) is 0 Å². The minimum atomic E-state index is -0.590. The minimum absolute atomic E-state index is 0.211. The summed E-state index contributed by atoms with van der Waals surface area (Å²) in [6, 6.07) is 11.5. The molecule has 0 aliphatic carbocycles. The highest BCUT2D eigenvalue weighted by Gasteiger charge is 2.25. The molecule has 1 atom stereocenters. The van der Waals surface area contributed by atoms with Crippen LogP contribution in [0, 0.1) is 5.82 Å². The average Bonchev–Trinajstić information content (AvgIpc) is 2.63. The third-order valence-electron chi connectivity index (χ3n) is 4.59. The van der Waals surface area contributed by atoms with Gasteiger partial charge < -0.3 is 5.73 Å². The lowest BCUT2D eigenvalue weighted by Gasteiger charge is -2.34. The van der Waals surface area contributed by atoms with E-state index in [0.29, 0.717) is 5.56 Å². The topological polar surface area (TPSA) is 71.2 Å². The molecule has 0 saturated carbocycles. The zero-order chi connectivity index (χ0) is 17.6. The van der Waals surface area contributed by atoms with Crippen molar-refractivity contribution in [3.63, 3.8) is 0 Å². The van der Waals surface area contributed by atoms with Gasteiger partial charge in [-0.3, -0.25) is 20.0 Å². The summed E-state index contributed by atoms with van der Waals surface area (Å²) in [6.07, 6.45) is 3.67. The van der Waals surface area contributed by atoms with Crippen LogP contribution in [-0.2, 0) is 11.3 Å². The lowest BCUT2D eigenvalue weighted by molar-refractivity contribution is -0.120. The first kappa shape index (κ1) is 17.5. The smallest absolute Gasteiger partial charge is 0.239 e. The van der Waals surface area contributed by atoms with Crippen LogP contribution >= 0.6 is 0 Å². The molecule has 3 N–H and O–H groups in total. The van der Waals surface area contributed by atoms with Gasteiger partial charge in [-0.05, 0) is 42.7 Å². The molecular weight excluding hydrogens is 319 g/mol. The number of pyridine rings is 1.